The van der Waals surface area contributed by atoms with Crippen LogP contribution in [0.1, 0.15) is 110 Å². The zero-order chi connectivity index (χ0) is 34.5. The molecule has 0 bridgehead atoms. The third kappa shape index (κ3) is 16.1. The number of aliphatic carboxylic acids is 1. The Balaban J connectivity index is 2.80. The number of carbonyl (C=O) groups excluding carboxylic acids is 1. The molecule has 0 spiro atoms. The Bertz CT molecular complexity index is 804. The van der Waals surface area contributed by atoms with Crippen LogP contribution in [-0.2, 0) is 19.1 Å². The lowest BCUT2D eigenvalue weighted by atomic mass is 9.98. The van der Waals surface area contributed by atoms with E-state index in [4.69, 9.17) is 14.6 Å². The molecular weight excluding hydrogens is 606 g/mol. The molecule has 1 fully saturated rings. The fourth-order valence-electron chi connectivity index (χ4n) is 5.56. The zero-order valence-electron chi connectivity index (χ0n) is 27.4. The van der Waals surface area contributed by atoms with E-state index in [1.807, 2.05) is 0 Å². The average molecular weight is 668 g/mol. The summed E-state index contributed by atoms with van der Waals surface area (Å²) in [5.74, 6) is -0.969. The van der Waals surface area contributed by atoms with Crippen LogP contribution in [0.2, 0.25) is 0 Å². The van der Waals surface area contributed by atoms with Gasteiger partial charge in [0, 0.05) is 25.9 Å². The van der Waals surface area contributed by atoms with Gasteiger partial charge in [-0.3, -0.25) is 9.59 Å². The summed E-state index contributed by atoms with van der Waals surface area (Å²) in [4.78, 5) is 25.3. The van der Waals surface area contributed by atoms with Crippen LogP contribution in [-0.4, -0.2) is 144 Å². The van der Waals surface area contributed by atoms with Gasteiger partial charge in [0.25, 0.3) is 0 Å². The number of amides is 1. The second kappa shape index (κ2) is 24.6. The van der Waals surface area contributed by atoms with E-state index in [0.717, 1.165) is 70.6 Å². The molecule has 0 aromatic rings. The molecule has 0 radical (unpaired) electrons. The Labute approximate surface area is 273 Å². The van der Waals surface area contributed by atoms with E-state index < -0.39 is 74.3 Å². The minimum absolute atomic E-state index is 0.183. The van der Waals surface area contributed by atoms with Gasteiger partial charge in [0.05, 0.1) is 13.2 Å². The molecule has 0 saturated carbocycles. The number of unbranched alkanes of at least 4 members (excludes halogenated alkanes) is 12. The fourth-order valence-corrected chi connectivity index (χ4v) is 5.56. The molecule has 1 rings (SSSR count). The summed E-state index contributed by atoms with van der Waals surface area (Å²) in [6.07, 6.45) is -1.97. The molecule has 0 aromatic carbocycles. The van der Waals surface area contributed by atoms with Gasteiger partial charge in [-0.15, -0.1) is 0 Å². The van der Waals surface area contributed by atoms with Crippen molar-refractivity contribution in [3.63, 3.8) is 0 Å². The van der Waals surface area contributed by atoms with Gasteiger partial charge >= 0.3 is 5.97 Å². The fraction of sp³-hybridized carbons (Fsp3) is 0.938. The normalized spacial score (nSPS) is 24.3. The summed E-state index contributed by atoms with van der Waals surface area (Å²) in [6, 6.07) is 0. The quantitative estimate of drug-likeness (QED) is 0.0541. The van der Waals surface area contributed by atoms with E-state index in [0.29, 0.717) is 25.8 Å². The van der Waals surface area contributed by atoms with Gasteiger partial charge in [-0.25, -0.2) is 0 Å². The molecule has 1 heterocycles. The van der Waals surface area contributed by atoms with Crippen LogP contribution in [0.15, 0.2) is 0 Å². The highest BCUT2D eigenvalue weighted by Gasteiger charge is 2.47. The molecule has 14 heteroatoms. The first-order valence-electron chi connectivity index (χ1n) is 17.1. The molecule has 1 aliphatic heterocycles. The predicted octanol–water partition coefficient (Wildman–Crippen LogP) is 0.421. The van der Waals surface area contributed by atoms with Gasteiger partial charge < -0.3 is 60.3 Å². The molecular formula is C32H61NO13. The molecule has 1 amide bonds. The highest BCUT2D eigenvalue weighted by molar-refractivity contribution is 5.76. The van der Waals surface area contributed by atoms with E-state index in [1.54, 1.807) is 0 Å². The minimum Gasteiger partial charge on any atom is -0.481 e. The number of aliphatic hydroxyl groups excluding tert-OH is 8. The SMILES string of the molecule is CCCCCCCCC(=O)N(CCCCCCCCCCC(=O)O)CC(O)C(O)C(O[C@@H]1O[C@H](CO)[C@H](O)[C@H](O)[C@H]1O)C(O)CO. The van der Waals surface area contributed by atoms with Gasteiger partial charge in [0.1, 0.15) is 48.8 Å². The Morgan fingerprint density at radius 2 is 1.28 bits per heavy atom. The lowest BCUT2D eigenvalue weighted by Gasteiger charge is -2.42. The number of aliphatic hydroxyl groups is 8. The summed E-state index contributed by atoms with van der Waals surface area (Å²) in [5, 5.41) is 90.6. The molecule has 14 nitrogen and oxygen atoms in total. The number of hydrogen-bond acceptors (Lipinski definition) is 12. The summed E-state index contributed by atoms with van der Waals surface area (Å²) in [6.45, 7) is 0.546. The van der Waals surface area contributed by atoms with Crippen molar-refractivity contribution in [1.82, 2.24) is 4.90 Å². The largest absolute Gasteiger partial charge is 0.481 e. The van der Waals surface area contributed by atoms with Crippen LogP contribution in [0, 0.1) is 0 Å². The van der Waals surface area contributed by atoms with E-state index >= 15 is 0 Å². The smallest absolute Gasteiger partial charge is 0.303 e. The lowest BCUT2D eigenvalue weighted by Crippen LogP contribution is -2.61. The van der Waals surface area contributed by atoms with Gasteiger partial charge in [0.2, 0.25) is 5.91 Å². The van der Waals surface area contributed by atoms with Crippen LogP contribution < -0.4 is 0 Å². The average Bonchev–Trinajstić information content (AvgIpc) is 3.04. The first-order chi connectivity index (χ1) is 22.0. The number of ether oxygens (including phenoxy) is 2. The number of hydrogen-bond donors (Lipinski definition) is 9. The van der Waals surface area contributed by atoms with Crippen molar-refractivity contribution in [2.24, 2.45) is 0 Å². The third-order valence-corrected chi connectivity index (χ3v) is 8.51. The number of nitrogens with zero attached hydrogens (tertiary/aromatic N) is 1. The second-order valence-corrected chi connectivity index (χ2v) is 12.4. The molecule has 1 saturated heterocycles. The molecule has 9 atom stereocenters. The molecule has 0 aromatic heterocycles. The minimum atomic E-state index is -1.86. The van der Waals surface area contributed by atoms with E-state index in [9.17, 15) is 50.4 Å². The maximum Gasteiger partial charge on any atom is 0.303 e. The highest BCUT2D eigenvalue weighted by Crippen LogP contribution is 2.25. The molecule has 4 unspecified atom stereocenters. The van der Waals surface area contributed by atoms with Gasteiger partial charge in [-0.2, -0.15) is 0 Å². The van der Waals surface area contributed by atoms with E-state index in [2.05, 4.69) is 6.92 Å². The Morgan fingerprint density at radius 3 is 1.83 bits per heavy atom. The Morgan fingerprint density at radius 1 is 0.739 bits per heavy atom. The summed E-state index contributed by atoms with van der Waals surface area (Å²) in [7, 11) is 0. The Hall–Kier alpha value is -1.46. The van der Waals surface area contributed by atoms with Crippen molar-refractivity contribution in [2.45, 2.75) is 165 Å². The van der Waals surface area contributed by atoms with E-state index in [1.165, 1.54) is 4.90 Å². The molecule has 272 valence electrons. The summed E-state index contributed by atoms with van der Waals surface area (Å²) < 4.78 is 10.8. The van der Waals surface area contributed by atoms with Crippen molar-refractivity contribution in [1.29, 1.82) is 0 Å². The van der Waals surface area contributed by atoms with Gasteiger partial charge in [-0.05, 0) is 19.3 Å². The molecule has 1 aliphatic rings. The third-order valence-electron chi connectivity index (χ3n) is 8.51. The van der Waals surface area contributed by atoms with Crippen LogP contribution in [0.5, 0.6) is 0 Å². The number of carboxylic acids is 1. The van der Waals surface area contributed by atoms with Crippen molar-refractivity contribution in [2.75, 3.05) is 26.3 Å². The monoisotopic (exact) mass is 667 g/mol. The van der Waals surface area contributed by atoms with E-state index in [-0.39, 0.29) is 25.3 Å². The van der Waals surface area contributed by atoms with Crippen molar-refractivity contribution in [3.05, 3.63) is 0 Å². The molecule has 0 aliphatic carbocycles. The molecule has 46 heavy (non-hydrogen) atoms. The lowest BCUT2D eigenvalue weighted by molar-refractivity contribution is -0.327. The summed E-state index contributed by atoms with van der Waals surface area (Å²) >= 11 is 0. The van der Waals surface area contributed by atoms with Crippen LogP contribution in [0.3, 0.4) is 0 Å². The number of rotatable bonds is 27. The summed E-state index contributed by atoms with van der Waals surface area (Å²) in [5.41, 5.74) is 0. The van der Waals surface area contributed by atoms with Crippen LogP contribution in [0.25, 0.3) is 0 Å². The van der Waals surface area contributed by atoms with Crippen molar-refractivity contribution < 1.29 is 65.0 Å². The standard InChI is InChI=1S/C32H61NO13/c1-2-3-4-5-10-13-16-25(38)33(18-15-12-9-7-6-8-11-14-17-26(39)40)19-22(36)27(41)31(23(37)20-34)46-32-30(44)29(43)28(42)24(21-35)45-32/h22-24,27-32,34-37,41-44H,2-21H2,1H3,(H,39,40)/t22?,23?,24-,27?,28+,29+,30-,31?,32+/m1/s1. The number of carbonyl (C=O) groups is 2. The highest BCUT2D eigenvalue weighted by atomic mass is 16.7. The predicted molar refractivity (Wildman–Crippen MR) is 168 cm³/mol. The second-order valence-electron chi connectivity index (χ2n) is 12.4. The first kappa shape index (κ1) is 42.6. The zero-order valence-corrected chi connectivity index (χ0v) is 27.4. The van der Waals surface area contributed by atoms with Crippen molar-refractivity contribution in [3.8, 4) is 0 Å². The Kier molecular flexibility index (Phi) is 22.8. The first-order valence-corrected chi connectivity index (χ1v) is 17.1. The maximum absolute atomic E-state index is 13.2. The molecule has 9 N–H and O–H groups in total. The van der Waals surface area contributed by atoms with Crippen molar-refractivity contribution >= 4 is 11.9 Å². The number of carboxylic acid groups (broad SMARTS) is 1. The van der Waals surface area contributed by atoms with Crippen LogP contribution >= 0.6 is 0 Å². The van der Waals surface area contributed by atoms with Gasteiger partial charge in [0.15, 0.2) is 6.29 Å². The maximum atomic E-state index is 13.2. The topological polar surface area (TPSA) is 238 Å². The van der Waals surface area contributed by atoms with Crippen LogP contribution in [0.4, 0.5) is 0 Å². The van der Waals surface area contributed by atoms with Gasteiger partial charge in [-0.1, -0.05) is 77.6 Å².